The summed E-state index contributed by atoms with van der Waals surface area (Å²) in [6.45, 7) is 1.75. The Balaban J connectivity index is 2.15. The molecule has 0 aliphatic heterocycles. The average Bonchev–Trinajstić information content (AvgIpc) is 2.53. The maximum atomic E-state index is 12.5. The van der Waals surface area contributed by atoms with Crippen molar-refractivity contribution in [1.29, 1.82) is 0 Å². The molecule has 0 spiro atoms. The van der Waals surface area contributed by atoms with Crippen LogP contribution in [0.3, 0.4) is 0 Å². The van der Waals surface area contributed by atoms with E-state index >= 15 is 0 Å². The second-order valence-electron chi connectivity index (χ2n) is 5.69. The molecule has 122 valence electrons. The molecule has 1 heterocycles. The molecule has 0 radical (unpaired) electrons. The van der Waals surface area contributed by atoms with Gasteiger partial charge in [-0.2, -0.15) is 0 Å². The van der Waals surface area contributed by atoms with Gasteiger partial charge in [0.2, 0.25) is 7.37 Å². The molecule has 5 nitrogen and oxygen atoms in total. The van der Waals surface area contributed by atoms with Crippen LogP contribution < -0.4 is 0 Å². The highest BCUT2D eigenvalue weighted by atomic mass is 31.2. The third kappa shape index (κ3) is 5.02. The van der Waals surface area contributed by atoms with Gasteiger partial charge < -0.3 is 10.00 Å². The Morgan fingerprint density at radius 2 is 1.91 bits per heavy atom. The normalized spacial score (nSPS) is 16.3. The number of aromatic nitrogens is 1. The fraction of sp³-hybridized carbons (Fsp3) is 0.294. The predicted molar refractivity (Wildman–Crippen MR) is 88.6 cm³/mol. The number of hydrogen-bond acceptors (Lipinski definition) is 3. The van der Waals surface area contributed by atoms with E-state index in [4.69, 9.17) is 0 Å². The molecule has 2 aromatic rings. The van der Waals surface area contributed by atoms with Gasteiger partial charge in [0.1, 0.15) is 0 Å². The third-order valence-corrected chi connectivity index (χ3v) is 5.71. The Morgan fingerprint density at radius 1 is 1.22 bits per heavy atom. The summed E-state index contributed by atoms with van der Waals surface area (Å²) in [7, 11) is -3.60. The second kappa shape index (κ2) is 7.53. The smallest absolute Gasteiger partial charge is 0.307 e. The lowest BCUT2D eigenvalue weighted by Gasteiger charge is -2.23. The topological polar surface area (TPSA) is 87.5 Å². The molecular formula is C17H20NO4P. The number of hydrogen-bond donors (Lipinski definition) is 2. The van der Waals surface area contributed by atoms with Crippen molar-refractivity contribution < 1.29 is 19.4 Å². The molecule has 0 bridgehead atoms. The highest BCUT2D eigenvalue weighted by molar-refractivity contribution is 7.57. The maximum absolute atomic E-state index is 12.5. The van der Waals surface area contributed by atoms with Gasteiger partial charge in [0.05, 0.1) is 5.92 Å². The molecule has 2 N–H and O–H groups in total. The van der Waals surface area contributed by atoms with Crippen LogP contribution in [-0.2, 0) is 15.5 Å². The molecule has 3 unspecified atom stereocenters. The minimum absolute atomic E-state index is 0.0165. The molecule has 0 fully saturated rings. The van der Waals surface area contributed by atoms with Crippen molar-refractivity contribution in [2.45, 2.75) is 19.0 Å². The second-order valence-corrected chi connectivity index (χ2v) is 8.07. The highest BCUT2D eigenvalue weighted by Crippen LogP contribution is 2.48. The van der Waals surface area contributed by atoms with Gasteiger partial charge in [0.15, 0.2) is 0 Å². The molecule has 23 heavy (non-hydrogen) atoms. The molecule has 0 saturated heterocycles. The van der Waals surface area contributed by atoms with Crippen LogP contribution in [0.4, 0.5) is 0 Å². The zero-order valence-corrected chi connectivity index (χ0v) is 13.8. The molecule has 1 aromatic carbocycles. The van der Waals surface area contributed by atoms with E-state index in [1.54, 1.807) is 55.7 Å². The zero-order chi connectivity index (χ0) is 16.9. The first kappa shape index (κ1) is 17.4. The van der Waals surface area contributed by atoms with Crippen molar-refractivity contribution in [2.75, 3.05) is 6.16 Å². The number of rotatable bonds is 7. The van der Waals surface area contributed by atoms with E-state index < -0.39 is 25.2 Å². The lowest BCUT2D eigenvalue weighted by atomic mass is 9.90. The van der Waals surface area contributed by atoms with Gasteiger partial charge in [0, 0.05) is 24.7 Å². The fourth-order valence-electron chi connectivity index (χ4n) is 2.57. The first-order chi connectivity index (χ1) is 10.9. The van der Waals surface area contributed by atoms with Crippen molar-refractivity contribution in [2.24, 2.45) is 5.92 Å². The SMILES string of the molecule is CC(c1cccnc1)C(CP(=O)(O)Cc1ccccc1)C(=O)O. The molecule has 0 saturated carbocycles. The summed E-state index contributed by atoms with van der Waals surface area (Å²) < 4.78 is 12.5. The summed E-state index contributed by atoms with van der Waals surface area (Å²) >= 11 is 0. The monoisotopic (exact) mass is 333 g/mol. The van der Waals surface area contributed by atoms with Crippen molar-refractivity contribution in [3.8, 4) is 0 Å². The molecular weight excluding hydrogens is 313 g/mol. The fourth-order valence-corrected chi connectivity index (χ4v) is 4.57. The predicted octanol–water partition coefficient (Wildman–Crippen LogP) is 3.36. The maximum Gasteiger partial charge on any atom is 0.307 e. The average molecular weight is 333 g/mol. The minimum atomic E-state index is -3.60. The summed E-state index contributed by atoms with van der Waals surface area (Å²) in [6.07, 6.45) is 2.93. The number of carbonyl (C=O) groups is 1. The number of aliphatic carboxylic acids is 1. The Morgan fingerprint density at radius 3 is 2.48 bits per heavy atom. The van der Waals surface area contributed by atoms with Crippen LogP contribution in [-0.4, -0.2) is 27.1 Å². The largest absolute Gasteiger partial charge is 0.481 e. The van der Waals surface area contributed by atoms with Gasteiger partial charge in [-0.3, -0.25) is 14.3 Å². The number of benzene rings is 1. The van der Waals surface area contributed by atoms with Gasteiger partial charge >= 0.3 is 5.97 Å². The molecule has 1 aromatic heterocycles. The first-order valence-electron chi connectivity index (χ1n) is 7.36. The first-order valence-corrected chi connectivity index (χ1v) is 9.39. The number of carboxylic acid groups (broad SMARTS) is 1. The molecule has 0 aliphatic carbocycles. The molecule has 0 amide bonds. The molecule has 2 rings (SSSR count). The van der Waals surface area contributed by atoms with Gasteiger partial charge in [-0.1, -0.05) is 43.3 Å². The summed E-state index contributed by atoms with van der Waals surface area (Å²) in [5, 5.41) is 9.48. The highest BCUT2D eigenvalue weighted by Gasteiger charge is 2.33. The van der Waals surface area contributed by atoms with E-state index in [2.05, 4.69) is 4.98 Å². The standard InChI is InChI=1S/C17H20NO4P/c1-13(15-8-5-9-18-10-15)16(17(19)20)12-23(21,22)11-14-6-3-2-4-7-14/h2-10,13,16H,11-12H2,1H3,(H,19,20)(H,21,22). The van der Waals surface area contributed by atoms with E-state index in [0.29, 0.717) is 0 Å². The van der Waals surface area contributed by atoms with Crippen molar-refractivity contribution in [1.82, 2.24) is 4.98 Å². The molecule has 6 heteroatoms. The Bertz CT molecular complexity index is 690. The quantitative estimate of drug-likeness (QED) is 0.759. The summed E-state index contributed by atoms with van der Waals surface area (Å²) in [6, 6.07) is 12.5. The van der Waals surface area contributed by atoms with Crippen LogP contribution in [0.5, 0.6) is 0 Å². The lowest BCUT2D eigenvalue weighted by molar-refractivity contribution is -0.141. The number of pyridine rings is 1. The van der Waals surface area contributed by atoms with E-state index in [9.17, 15) is 19.4 Å². The van der Waals surface area contributed by atoms with E-state index in [0.717, 1.165) is 11.1 Å². The molecule has 0 aliphatic rings. The Labute approximate surface area is 135 Å². The van der Waals surface area contributed by atoms with E-state index in [1.165, 1.54) is 0 Å². The minimum Gasteiger partial charge on any atom is -0.481 e. The summed E-state index contributed by atoms with van der Waals surface area (Å²) in [4.78, 5) is 25.8. The van der Waals surface area contributed by atoms with E-state index in [-0.39, 0.29) is 12.3 Å². The van der Waals surface area contributed by atoms with Crippen molar-refractivity contribution in [3.63, 3.8) is 0 Å². The van der Waals surface area contributed by atoms with Gasteiger partial charge in [0.25, 0.3) is 0 Å². The van der Waals surface area contributed by atoms with Crippen molar-refractivity contribution in [3.05, 3.63) is 66.0 Å². The third-order valence-electron chi connectivity index (χ3n) is 3.89. The van der Waals surface area contributed by atoms with Crippen LogP contribution in [0.25, 0.3) is 0 Å². The molecule has 3 atom stereocenters. The zero-order valence-electron chi connectivity index (χ0n) is 12.9. The van der Waals surface area contributed by atoms with Crippen LogP contribution >= 0.6 is 7.37 Å². The van der Waals surface area contributed by atoms with E-state index in [1.807, 2.05) is 6.07 Å². The number of carboxylic acids is 1. The Kier molecular flexibility index (Phi) is 5.69. The van der Waals surface area contributed by atoms with Crippen LogP contribution in [0.15, 0.2) is 54.9 Å². The van der Waals surface area contributed by atoms with Crippen LogP contribution in [0.2, 0.25) is 0 Å². The van der Waals surface area contributed by atoms with Gasteiger partial charge in [-0.25, -0.2) is 0 Å². The Hall–Kier alpha value is -1.97. The summed E-state index contributed by atoms with van der Waals surface area (Å²) in [5.41, 5.74) is 1.48. The van der Waals surface area contributed by atoms with Crippen LogP contribution in [0, 0.1) is 5.92 Å². The summed E-state index contributed by atoms with van der Waals surface area (Å²) in [5.74, 6) is -2.39. The van der Waals surface area contributed by atoms with Crippen molar-refractivity contribution >= 4 is 13.3 Å². The lowest BCUT2D eigenvalue weighted by Crippen LogP contribution is -2.24. The number of nitrogens with zero attached hydrogens (tertiary/aromatic N) is 1. The van der Waals surface area contributed by atoms with Crippen LogP contribution in [0.1, 0.15) is 24.0 Å². The van der Waals surface area contributed by atoms with Gasteiger partial charge in [-0.15, -0.1) is 0 Å². The van der Waals surface area contributed by atoms with Gasteiger partial charge in [-0.05, 0) is 23.1 Å².